The molecule has 2 aliphatic heterocycles. The van der Waals surface area contributed by atoms with Gasteiger partial charge in [-0.25, -0.2) is 19.6 Å². The van der Waals surface area contributed by atoms with Crippen molar-refractivity contribution in [2.45, 2.75) is 0 Å². The van der Waals surface area contributed by atoms with Crippen molar-refractivity contribution in [3.05, 3.63) is 0 Å². The summed E-state index contributed by atoms with van der Waals surface area (Å²) in [6.07, 6.45) is 0. The fraction of sp³-hybridized carbons (Fsp3) is 1.00. The minimum atomic E-state index is 0.500. The highest BCUT2D eigenvalue weighted by Gasteiger charge is 1.95. The van der Waals surface area contributed by atoms with Crippen molar-refractivity contribution in [2.75, 3.05) is 13.6 Å². The lowest BCUT2D eigenvalue weighted by molar-refractivity contribution is 0.0850. The van der Waals surface area contributed by atoms with Crippen molar-refractivity contribution < 1.29 is 19.6 Å². The van der Waals surface area contributed by atoms with Gasteiger partial charge in [0, 0.05) is 0 Å². The van der Waals surface area contributed by atoms with Crippen LogP contribution in [0.3, 0.4) is 0 Å². The van der Waals surface area contributed by atoms with Crippen molar-refractivity contribution >= 4 is 0 Å². The summed E-state index contributed by atoms with van der Waals surface area (Å²) in [5, 5.41) is 0. The Morgan fingerprint density at radius 2 is 0.833 bits per heavy atom. The molecule has 0 aromatic heterocycles. The Morgan fingerprint density at radius 3 is 0.833 bits per heavy atom. The summed E-state index contributed by atoms with van der Waals surface area (Å²) in [5.41, 5.74) is 0. The third-order valence-corrected chi connectivity index (χ3v) is 0.236. The van der Waals surface area contributed by atoms with E-state index in [-0.39, 0.29) is 0 Å². The molecule has 2 heterocycles. The molecule has 0 unspecified atom stereocenters. The van der Waals surface area contributed by atoms with Crippen LogP contribution in [0, 0.1) is 0 Å². The van der Waals surface area contributed by atoms with Gasteiger partial charge in [0.1, 0.15) is 0 Å². The minimum absolute atomic E-state index is 0.500. The highest BCUT2D eigenvalue weighted by Crippen LogP contribution is 1.89. The summed E-state index contributed by atoms with van der Waals surface area (Å²) >= 11 is 0. The molecule has 0 atom stereocenters. The Hall–Kier alpha value is -0.160. The van der Waals surface area contributed by atoms with Crippen molar-refractivity contribution in [1.29, 1.82) is 0 Å². The maximum absolute atomic E-state index is 4.00. The largest absolute Gasteiger partial charge is 0.214 e. The Balaban J connectivity index is 0.0000000600. The molecule has 0 aromatic rings. The van der Waals surface area contributed by atoms with Crippen molar-refractivity contribution in [1.82, 2.24) is 0 Å². The molecule has 0 spiro atoms. The summed E-state index contributed by atoms with van der Waals surface area (Å²) < 4.78 is 0. The Kier molecular flexibility index (Phi) is 1.40. The lowest BCUT2D eigenvalue weighted by atomic mass is 11.6. The second kappa shape index (κ2) is 2.09. The van der Waals surface area contributed by atoms with Gasteiger partial charge in [0.25, 0.3) is 0 Å². The maximum Gasteiger partial charge on any atom is 0.214 e. The molecule has 0 aromatic carbocycles. The van der Waals surface area contributed by atoms with Crippen LogP contribution in [-0.2, 0) is 19.6 Å². The molecule has 4 heteroatoms. The second-order valence-corrected chi connectivity index (χ2v) is 0.707. The molecule has 4 nitrogen and oxygen atoms in total. The molecule has 2 saturated heterocycles. The van der Waals surface area contributed by atoms with Crippen LogP contribution in [0.25, 0.3) is 0 Å². The van der Waals surface area contributed by atoms with Crippen molar-refractivity contribution in [3.8, 4) is 0 Å². The number of hydrogen-bond donors (Lipinski definition) is 0. The molecular formula is C2H4O4. The number of rotatable bonds is 0. The molecule has 0 amide bonds. The summed E-state index contributed by atoms with van der Waals surface area (Å²) in [5.74, 6) is 0. The average molecular weight is 92.0 g/mol. The van der Waals surface area contributed by atoms with E-state index in [1.807, 2.05) is 0 Å². The molecule has 0 N–H and O–H groups in total. The molecular weight excluding hydrogens is 88.0 g/mol. The van der Waals surface area contributed by atoms with Gasteiger partial charge in [-0.15, -0.1) is 0 Å². The third kappa shape index (κ3) is 9.15. The maximum atomic E-state index is 4.00. The zero-order valence-corrected chi connectivity index (χ0v) is 3.05. The molecule has 2 aliphatic rings. The highest BCUT2D eigenvalue weighted by molar-refractivity contribution is 3.87. The molecule has 0 aliphatic carbocycles. The fourth-order valence-corrected chi connectivity index (χ4v) is 0. The van der Waals surface area contributed by atoms with Crippen LogP contribution in [0.15, 0.2) is 0 Å². The summed E-state index contributed by atoms with van der Waals surface area (Å²) in [7, 11) is 0. The normalized spacial score (nSPS) is 24.0. The summed E-state index contributed by atoms with van der Waals surface area (Å²) in [6, 6.07) is 0. The first-order valence-corrected chi connectivity index (χ1v) is 1.49. The zero-order chi connectivity index (χ0) is 4.24. The summed E-state index contributed by atoms with van der Waals surface area (Å²) in [4.78, 5) is 16.0. The topological polar surface area (TPSA) is 50.1 Å². The van der Waals surface area contributed by atoms with E-state index >= 15 is 0 Å². The summed E-state index contributed by atoms with van der Waals surface area (Å²) in [6.45, 7) is 1.00. The van der Waals surface area contributed by atoms with Gasteiger partial charge in [0.2, 0.25) is 13.6 Å². The lowest BCUT2D eigenvalue weighted by Gasteiger charge is -1.20. The standard InChI is InChI=1S/2CH2O2/c2*1-2-3-1/h2*1H2. The van der Waals surface area contributed by atoms with Gasteiger partial charge in [0.05, 0.1) is 0 Å². The Morgan fingerprint density at radius 1 is 0.667 bits per heavy atom. The van der Waals surface area contributed by atoms with Crippen LogP contribution in [0.1, 0.15) is 0 Å². The van der Waals surface area contributed by atoms with E-state index in [9.17, 15) is 0 Å². The van der Waals surface area contributed by atoms with Gasteiger partial charge >= 0.3 is 0 Å². The zero-order valence-electron chi connectivity index (χ0n) is 3.05. The van der Waals surface area contributed by atoms with Crippen molar-refractivity contribution in [3.63, 3.8) is 0 Å². The van der Waals surface area contributed by atoms with Gasteiger partial charge < -0.3 is 0 Å². The molecule has 0 saturated carbocycles. The van der Waals surface area contributed by atoms with E-state index in [1.165, 1.54) is 0 Å². The van der Waals surface area contributed by atoms with Crippen molar-refractivity contribution in [2.24, 2.45) is 0 Å². The first-order chi connectivity index (χ1) is 3.00. The molecule has 36 valence electrons. The van der Waals surface area contributed by atoms with Crippen LogP contribution in [0.5, 0.6) is 0 Å². The Labute approximate surface area is 34.4 Å². The van der Waals surface area contributed by atoms with Gasteiger partial charge in [-0.05, 0) is 0 Å². The predicted molar refractivity (Wildman–Crippen MR) is 14.1 cm³/mol. The average Bonchev–Trinajstić information content (AvgIpc) is 2.31. The molecule has 6 heavy (non-hydrogen) atoms. The van der Waals surface area contributed by atoms with Crippen LogP contribution in [0.2, 0.25) is 0 Å². The van der Waals surface area contributed by atoms with E-state index in [2.05, 4.69) is 19.6 Å². The lowest BCUT2D eigenvalue weighted by Crippen LogP contribution is -1.16. The van der Waals surface area contributed by atoms with E-state index in [0.29, 0.717) is 13.6 Å². The van der Waals surface area contributed by atoms with E-state index < -0.39 is 0 Å². The number of hydrogen-bond acceptors (Lipinski definition) is 4. The van der Waals surface area contributed by atoms with E-state index in [4.69, 9.17) is 0 Å². The first kappa shape index (κ1) is 4.01. The molecule has 0 bridgehead atoms. The van der Waals surface area contributed by atoms with Gasteiger partial charge in [-0.1, -0.05) is 0 Å². The van der Waals surface area contributed by atoms with E-state index in [1.54, 1.807) is 0 Å². The smallest absolute Gasteiger partial charge is 0.202 e. The van der Waals surface area contributed by atoms with Crippen LogP contribution in [0.4, 0.5) is 0 Å². The Bertz CT molecular complexity index is 21.0. The van der Waals surface area contributed by atoms with Crippen LogP contribution < -0.4 is 0 Å². The van der Waals surface area contributed by atoms with Gasteiger partial charge in [-0.3, -0.25) is 0 Å². The molecule has 2 fully saturated rings. The van der Waals surface area contributed by atoms with Gasteiger partial charge in [0.15, 0.2) is 0 Å². The molecule has 2 rings (SSSR count). The first-order valence-electron chi connectivity index (χ1n) is 1.49. The monoisotopic (exact) mass is 92.0 g/mol. The SMILES string of the molecule is C1OO1.C1OO1. The quantitative estimate of drug-likeness (QED) is 0.307. The van der Waals surface area contributed by atoms with Crippen LogP contribution >= 0.6 is 0 Å². The minimum Gasteiger partial charge on any atom is -0.202 e. The third-order valence-electron chi connectivity index (χ3n) is 0.236. The highest BCUT2D eigenvalue weighted by atomic mass is 17.4. The molecule has 0 radical (unpaired) electrons. The van der Waals surface area contributed by atoms with Gasteiger partial charge in [-0.2, -0.15) is 0 Å². The van der Waals surface area contributed by atoms with E-state index in [0.717, 1.165) is 0 Å². The van der Waals surface area contributed by atoms with Crippen LogP contribution in [-0.4, -0.2) is 13.6 Å². The second-order valence-electron chi connectivity index (χ2n) is 0.707. The predicted octanol–water partition coefficient (Wildman–Crippen LogP) is -0.189. The fourth-order valence-electron chi connectivity index (χ4n) is 0.